The number of hydrogen-bond acceptors (Lipinski definition) is 4. The zero-order valence-electron chi connectivity index (χ0n) is 18.7. The van der Waals surface area contributed by atoms with Gasteiger partial charge in [-0.3, -0.25) is 4.79 Å². The van der Waals surface area contributed by atoms with E-state index in [4.69, 9.17) is 4.74 Å². The highest BCUT2D eigenvalue weighted by Gasteiger charge is 2.34. The summed E-state index contributed by atoms with van der Waals surface area (Å²) in [5.74, 6) is 0.701. The number of rotatable bonds is 6. The number of sulfone groups is 1. The third kappa shape index (κ3) is 6.20. The quantitative estimate of drug-likeness (QED) is 0.630. The molecule has 1 fully saturated rings. The van der Waals surface area contributed by atoms with Gasteiger partial charge in [0.15, 0.2) is 9.84 Å². The van der Waals surface area contributed by atoms with Crippen LogP contribution >= 0.6 is 0 Å². The summed E-state index contributed by atoms with van der Waals surface area (Å²) in [5, 5.41) is 0. The maximum Gasteiger partial charge on any atom is 0.247 e. The molecule has 0 saturated carbocycles. The zero-order chi connectivity index (χ0) is 22.6. The molecule has 1 saturated heterocycles. The van der Waals surface area contributed by atoms with E-state index < -0.39 is 9.84 Å². The Kier molecular flexibility index (Phi) is 6.90. The van der Waals surface area contributed by atoms with E-state index in [-0.39, 0.29) is 28.9 Å². The highest BCUT2D eigenvalue weighted by molar-refractivity contribution is 7.91. The minimum Gasteiger partial charge on any atom is -0.497 e. The molecular formula is C25H31NO4S. The molecule has 0 bridgehead atoms. The van der Waals surface area contributed by atoms with E-state index in [1.165, 1.54) is 5.56 Å². The van der Waals surface area contributed by atoms with Gasteiger partial charge in [-0.15, -0.1) is 0 Å². The van der Waals surface area contributed by atoms with Gasteiger partial charge in [-0.1, -0.05) is 57.2 Å². The van der Waals surface area contributed by atoms with Crippen LogP contribution in [0, 0.1) is 0 Å². The molecule has 166 valence electrons. The summed E-state index contributed by atoms with van der Waals surface area (Å²) in [4.78, 5) is 14.8. The molecule has 1 amide bonds. The van der Waals surface area contributed by atoms with E-state index >= 15 is 0 Å². The van der Waals surface area contributed by atoms with Crippen molar-refractivity contribution in [1.82, 2.24) is 4.90 Å². The second kappa shape index (κ2) is 9.27. The largest absolute Gasteiger partial charge is 0.497 e. The zero-order valence-corrected chi connectivity index (χ0v) is 19.5. The van der Waals surface area contributed by atoms with E-state index in [2.05, 4.69) is 32.9 Å². The van der Waals surface area contributed by atoms with Gasteiger partial charge in [0.05, 0.1) is 18.6 Å². The minimum absolute atomic E-state index is 0.0169. The first-order chi connectivity index (χ1) is 14.6. The SMILES string of the molecule is COc1ccc(CN(C(=O)C=Cc2ccc(C(C)(C)C)cc2)C2CCS(=O)(=O)C2)cc1. The molecule has 0 N–H and O–H groups in total. The van der Waals surface area contributed by atoms with Crippen LogP contribution in [0.5, 0.6) is 5.75 Å². The van der Waals surface area contributed by atoms with Crippen LogP contribution in [0.15, 0.2) is 54.6 Å². The molecule has 0 spiro atoms. The van der Waals surface area contributed by atoms with Gasteiger partial charge in [-0.25, -0.2) is 8.42 Å². The van der Waals surface area contributed by atoms with E-state index in [1.807, 2.05) is 36.4 Å². The Bertz CT molecular complexity index is 1030. The number of hydrogen-bond donors (Lipinski definition) is 0. The van der Waals surface area contributed by atoms with Crippen molar-refractivity contribution >= 4 is 21.8 Å². The lowest BCUT2D eigenvalue weighted by molar-refractivity contribution is -0.128. The second-order valence-electron chi connectivity index (χ2n) is 9.08. The second-order valence-corrected chi connectivity index (χ2v) is 11.3. The Morgan fingerprint density at radius 1 is 1.10 bits per heavy atom. The third-order valence-electron chi connectivity index (χ3n) is 5.64. The van der Waals surface area contributed by atoms with Crippen molar-refractivity contribution in [2.24, 2.45) is 0 Å². The Balaban J connectivity index is 1.78. The molecule has 1 heterocycles. The Morgan fingerprint density at radius 3 is 2.26 bits per heavy atom. The third-order valence-corrected chi connectivity index (χ3v) is 7.39. The monoisotopic (exact) mass is 441 g/mol. The average Bonchev–Trinajstić information content (AvgIpc) is 3.09. The van der Waals surface area contributed by atoms with Gasteiger partial charge in [0, 0.05) is 18.7 Å². The normalized spacial score (nSPS) is 18.3. The van der Waals surface area contributed by atoms with Gasteiger partial charge in [-0.05, 0) is 46.7 Å². The predicted octanol–water partition coefficient (Wildman–Crippen LogP) is 4.22. The molecule has 0 aliphatic carbocycles. The van der Waals surface area contributed by atoms with Crippen LogP contribution in [0.3, 0.4) is 0 Å². The summed E-state index contributed by atoms with van der Waals surface area (Å²) in [6, 6.07) is 15.3. The van der Waals surface area contributed by atoms with E-state index in [9.17, 15) is 13.2 Å². The van der Waals surface area contributed by atoms with E-state index in [1.54, 1.807) is 24.2 Å². The maximum atomic E-state index is 13.1. The number of carbonyl (C=O) groups excluding carboxylic acids is 1. The number of ether oxygens (including phenoxy) is 1. The molecule has 1 unspecified atom stereocenters. The summed E-state index contributed by atoms with van der Waals surface area (Å²) in [7, 11) is -1.50. The highest BCUT2D eigenvalue weighted by Crippen LogP contribution is 2.24. The van der Waals surface area contributed by atoms with Crippen LogP contribution in [-0.2, 0) is 26.6 Å². The molecule has 2 aromatic rings. The van der Waals surface area contributed by atoms with Gasteiger partial charge in [0.2, 0.25) is 5.91 Å². The number of nitrogens with zero attached hydrogens (tertiary/aromatic N) is 1. The number of carbonyl (C=O) groups is 1. The number of methoxy groups -OCH3 is 1. The molecule has 6 heteroatoms. The van der Waals surface area contributed by atoms with Gasteiger partial charge in [0.1, 0.15) is 5.75 Å². The summed E-state index contributed by atoms with van der Waals surface area (Å²) >= 11 is 0. The lowest BCUT2D eigenvalue weighted by Gasteiger charge is -2.27. The van der Waals surface area contributed by atoms with E-state index in [0.717, 1.165) is 16.9 Å². The van der Waals surface area contributed by atoms with Crippen LogP contribution < -0.4 is 4.74 Å². The van der Waals surface area contributed by atoms with Crippen molar-refractivity contribution in [1.29, 1.82) is 0 Å². The van der Waals surface area contributed by atoms with Crippen molar-refractivity contribution in [2.45, 2.75) is 45.2 Å². The molecule has 5 nitrogen and oxygen atoms in total. The Morgan fingerprint density at radius 2 is 1.74 bits per heavy atom. The number of amides is 1. The molecular weight excluding hydrogens is 410 g/mol. The highest BCUT2D eigenvalue weighted by atomic mass is 32.2. The van der Waals surface area contributed by atoms with Crippen LogP contribution in [0.1, 0.15) is 43.9 Å². The standard InChI is InChI=1S/C25H31NO4S/c1-25(2,3)21-10-5-19(6-11-21)9-14-24(27)26(22-15-16-31(28,29)18-22)17-20-7-12-23(30-4)13-8-20/h5-14,22H,15-18H2,1-4H3. The molecule has 1 aliphatic rings. The van der Waals surface area contributed by atoms with Gasteiger partial charge < -0.3 is 9.64 Å². The molecule has 0 aromatic heterocycles. The maximum absolute atomic E-state index is 13.1. The first-order valence-corrected chi connectivity index (χ1v) is 12.3. The smallest absolute Gasteiger partial charge is 0.247 e. The van der Waals surface area contributed by atoms with Gasteiger partial charge in [-0.2, -0.15) is 0 Å². The van der Waals surface area contributed by atoms with E-state index in [0.29, 0.717) is 13.0 Å². The molecule has 2 aromatic carbocycles. The van der Waals surface area contributed by atoms with Gasteiger partial charge in [0.25, 0.3) is 0 Å². The van der Waals surface area contributed by atoms with Crippen LogP contribution in [0.25, 0.3) is 6.08 Å². The van der Waals surface area contributed by atoms with Crippen LogP contribution in [0.2, 0.25) is 0 Å². The topological polar surface area (TPSA) is 63.7 Å². The van der Waals surface area contributed by atoms with Crippen LogP contribution in [-0.4, -0.2) is 43.9 Å². The lowest BCUT2D eigenvalue weighted by atomic mass is 9.87. The fourth-order valence-electron chi connectivity index (χ4n) is 3.69. The fraction of sp³-hybridized carbons (Fsp3) is 0.400. The van der Waals surface area contributed by atoms with Crippen molar-refractivity contribution in [2.75, 3.05) is 18.6 Å². The van der Waals surface area contributed by atoms with Crippen molar-refractivity contribution < 1.29 is 17.9 Å². The predicted molar refractivity (Wildman–Crippen MR) is 125 cm³/mol. The molecule has 1 aliphatic heterocycles. The number of benzene rings is 2. The minimum atomic E-state index is -3.10. The van der Waals surface area contributed by atoms with Crippen molar-refractivity contribution in [3.05, 3.63) is 71.3 Å². The Hall–Kier alpha value is -2.60. The summed E-state index contributed by atoms with van der Waals surface area (Å²) in [5.41, 5.74) is 3.17. The molecule has 0 radical (unpaired) electrons. The summed E-state index contributed by atoms with van der Waals surface area (Å²) in [6.45, 7) is 6.84. The molecule has 3 rings (SSSR count). The van der Waals surface area contributed by atoms with Crippen LogP contribution in [0.4, 0.5) is 0 Å². The summed E-state index contributed by atoms with van der Waals surface area (Å²) in [6.07, 6.45) is 3.80. The first-order valence-electron chi connectivity index (χ1n) is 10.5. The lowest BCUT2D eigenvalue weighted by Crippen LogP contribution is -2.39. The summed E-state index contributed by atoms with van der Waals surface area (Å²) < 4.78 is 29.2. The van der Waals surface area contributed by atoms with Crippen molar-refractivity contribution in [3.8, 4) is 5.75 Å². The van der Waals surface area contributed by atoms with Crippen molar-refractivity contribution in [3.63, 3.8) is 0 Å². The average molecular weight is 442 g/mol. The first kappa shape index (κ1) is 23.1. The molecule has 1 atom stereocenters. The Labute approximate surface area is 185 Å². The van der Waals surface area contributed by atoms with Gasteiger partial charge >= 0.3 is 0 Å². The molecule has 31 heavy (non-hydrogen) atoms. The fourth-order valence-corrected chi connectivity index (χ4v) is 5.42.